The highest BCUT2D eigenvalue weighted by molar-refractivity contribution is 5.20. The summed E-state index contributed by atoms with van der Waals surface area (Å²) in [4.78, 5) is 0. The Balaban J connectivity index is 2.84. The van der Waals surface area contributed by atoms with Gasteiger partial charge in [-0.3, -0.25) is 0 Å². The summed E-state index contributed by atoms with van der Waals surface area (Å²) in [5, 5.41) is 13.8. The summed E-state index contributed by atoms with van der Waals surface area (Å²) in [7, 11) is 0. The van der Waals surface area contributed by atoms with E-state index in [1.807, 2.05) is 44.2 Å². The topological polar surface area (TPSA) is 32.3 Å². The van der Waals surface area contributed by atoms with Gasteiger partial charge in [0.2, 0.25) is 0 Å². The van der Waals surface area contributed by atoms with Gasteiger partial charge in [0, 0.05) is 11.1 Å². The molecule has 90 valence electrons. The van der Waals surface area contributed by atoms with Crippen LogP contribution in [-0.4, -0.2) is 16.2 Å². The normalized spacial score (nSPS) is 14.9. The molecule has 0 fully saturated rings. The average Bonchev–Trinajstić information content (AvgIpc) is 2.14. The summed E-state index contributed by atoms with van der Waals surface area (Å²) in [5.74, 6) is 0. The Morgan fingerprint density at radius 1 is 1.00 bits per heavy atom. The lowest BCUT2D eigenvalue weighted by Gasteiger charge is -2.38. The van der Waals surface area contributed by atoms with Gasteiger partial charge in [0.25, 0.3) is 0 Å². The molecule has 0 heterocycles. The van der Waals surface area contributed by atoms with Crippen molar-refractivity contribution in [2.75, 3.05) is 0 Å². The molecule has 1 unspecified atom stereocenters. The third-order valence-electron chi connectivity index (χ3n) is 2.50. The molecule has 2 heteroatoms. The number of nitrogens with one attached hydrogen (secondary N) is 1. The molecule has 0 aliphatic heterocycles. The highest BCUT2D eigenvalue weighted by Gasteiger charge is 2.32. The molecule has 0 aliphatic carbocycles. The van der Waals surface area contributed by atoms with E-state index in [2.05, 4.69) is 26.1 Å². The third kappa shape index (κ3) is 3.62. The van der Waals surface area contributed by atoms with Crippen molar-refractivity contribution >= 4 is 0 Å². The van der Waals surface area contributed by atoms with Crippen LogP contribution in [0, 0.1) is 0 Å². The molecular weight excluding hydrogens is 198 g/mol. The minimum Gasteiger partial charge on any atom is -0.387 e. The van der Waals surface area contributed by atoms with Gasteiger partial charge in [-0.1, -0.05) is 30.3 Å². The van der Waals surface area contributed by atoms with E-state index in [0.29, 0.717) is 0 Å². The van der Waals surface area contributed by atoms with Crippen LogP contribution in [0.5, 0.6) is 0 Å². The lowest BCUT2D eigenvalue weighted by molar-refractivity contribution is 0.0631. The molecule has 1 atom stereocenters. The molecule has 0 bridgehead atoms. The van der Waals surface area contributed by atoms with Crippen molar-refractivity contribution in [1.82, 2.24) is 5.32 Å². The molecule has 1 aromatic rings. The van der Waals surface area contributed by atoms with Gasteiger partial charge < -0.3 is 10.4 Å². The third-order valence-corrected chi connectivity index (χ3v) is 2.50. The Bertz CT molecular complexity index is 324. The van der Waals surface area contributed by atoms with E-state index in [0.717, 1.165) is 5.56 Å². The highest BCUT2D eigenvalue weighted by Crippen LogP contribution is 2.27. The predicted octanol–water partition coefficient (Wildman–Crippen LogP) is 2.89. The van der Waals surface area contributed by atoms with Crippen molar-refractivity contribution in [3.63, 3.8) is 0 Å². The maximum absolute atomic E-state index is 10.3. The van der Waals surface area contributed by atoms with Gasteiger partial charge >= 0.3 is 0 Å². The lowest BCUT2D eigenvalue weighted by atomic mass is 9.88. The highest BCUT2D eigenvalue weighted by atomic mass is 16.3. The Morgan fingerprint density at radius 3 is 1.94 bits per heavy atom. The molecule has 2 N–H and O–H groups in total. The monoisotopic (exact) mass is 221 g/mol. The van der Waals surface area contributed by atoms with E-state index in [1.165, 1.54) is 0 Å². The number of aliphatic hydroxyl groups is 1. The zero-order valence-electron chi connectivity index (χ0n) is 10.9. The zero-order valence-corrected chi connectivity index (χ0v) is 10.9. The number of hydrogen-bond donors (Lipinski definition) is 2. The van der Waals surface area contributed by atoms with Crippen LogP contribution in [0.1, 0.15) is 46.3 Å². The average molecular weight is 221 g/mol. The van der Waals surface area contributed by atoms with Crippen LogP contribution in [0.15, 0.2) is 30.3 Å². The van der Waals surface area contributed by atoms with Crippen molar-refractivity contribution in [3.8, 4) is 0 Å². The van der Waals surface area contributed by atoms with Crippen LogP contribution in [-0.2, 0) is 0 Å². The standard InChI is InChI=1S/C14H23NO/c1-13(2,3)15-14(4,5)12(16)11-9-7-6-8-10-11/h6-10,12,15-16H,1-5H3. The fourth-order valence-corrected chi connectivity index (χ4v) is 2.09. The minimum atomic E-state index is -0.507. The lowest BCUT2D eigenvalue weighted by Crippen LogP contribution is -2.53. The molecule has 0 amide bonds. The van der Waals surface area contributed by atoms with Crippen molar-refractivity contribution < 1.29 is 5.11 Å². The molecule has 16 heavy (non-hydrogen) atoms. The van der Waals surface area contributed by atoms with Crippen LogP contribution in [0.3, 0.4) is 0 Å². The van der Waals surface area contributed by atoms with E-state index in [9.17, 15) is 5.11 Å². The first-order chi connectivity index (χ1) is 7.22. The second kappa shape index (κ2) is 4.56. The Hall–Kier alpha value is -0.860. The van der Waals surface area contributed by atoms with E-state index in [1.54, 1.807) is 0 Å². The summed E-state index contributed by atoms with van der Waals surface area (Å²) in [6.45, 7) is 10.4. The second-order valence-corrected chi connectivity index (χ2v) is 5.91. The quantitative estimate of drug-likeness (QED) is 0.822. The summed E-state index contributed by atoms with van der Waals surface area (Å²) in [6.07, 6.45) is -0.507. The van der Waals surface area contributed by atoms with Gasteiger partial charge in [-0.15, -0.1) is 0 Å². The number of rotatable bonds is 3. The van der Waals surface area contributed by atoms with Crippen LogP contribution in [0.25, 0.3) is 0 Å². The molecule has 0 radical (unpaired) electrons. The second-order valence-electron chi connectivity index (χ2n) is 5.91. The largest absolute Gasteiger partial charge is 0.387 e. The van der Waals surface area contributed by atoms with Gasteiger partial charge in [-0.05, 0) is 40.2 Å². The molecule has 1 rings (SSSR count). The SMILES string of the molecule is CC(C)(C)NC(C)(C)C(O)c1ccccc1. The van der Waals surface area contributed by atoms with E-state index in [4.69, 9.17) is 0 Å². The number of aliphatic hydroxyl groups excluding tert-OH is 1. The first-order valence-electron chi connectivity index (χ1n) is 5.75. The van der Waals surface area contributed by atoms with Crippen molar-refractivity contribution in [2.45, 2.75) is 51.8 Å². The minimum absolute atomic E-state index is 0.0146. The number of hydrogen-bond acceptors (Lipinski definition) is 2. The summed E-state index contributed by atoms with van der Waals surface area (Å²) in [6, 6.07) is 9.77. The molecule has 2 nitrogen and oxygen atoms in total. The van der Waals surface area contributed by atoms with Crippen LogP contribution < -0.4 is 5.32 Å². The zero-order chi connectivity index (χ0) is 12.4. The molecule has 1 aromatic carbocycles. The van der Waals surface area contributed by atoms with Gasteiger partial charge in [-0.25, -0.2) is 0 Å². The summed E-state index contributed by atoms with van der Waals surface area (Å²) in [5.41, 5.74) is 0.586. The van der Waals surface area contributed by atoms with Crippen molar-refractivity contribution in [3.05, 3.63) is 35.9 Å². The van der Waals surface area contributed by atoms with Crippen LogP contribution >= 0.6 is 0 Å². The molecule has 0 saturated heterocycles. The molecule has 0 saturated carbocycles. The van der Waals surface area contributed by atoms with Crippen LogP contribution in [0.4, 0.5) is 0 Å². The Morgan fingerprint density at radius 2 is 1.50 bits per heavy atom. The first-order valence-corrected chi connectivity index (χ1v) is 5.75. The molecular formula is C14H23NO. The van der Waals surface area contributed by atoms with Crippen molar-refractivity contribution in [1.29, 1.82) is 0 Å². The fraction of sp³-hybridized carbons (Fsp3) is 0.571. The van der Waals surface area contributed by atoms with Gasteiger partial charge in [0.15, 0.2) is 0 Å². The van der Waals surface area contributed by atoms with Crippen molar-refractivity contribution in [2.24, 2.45) is 0 Å². The fourth-order valence-electron chi connectivity index (χ4n) is 2.09. The molecule has 0 aliphatic rings. The van der Waals surface area contributed by atoms with E-state index < -0.39 is 6.10 Å². The van der Waals surface area contributed by atoms with E-state index in [-0.39, 0.29) is 11.1 Å². The summed E-state index contributed by atoms with van der Waals surface area (Å²) >= 11 is 0. The maximum atomic E-state index is 10.3. The maximum Gasteiger partial charge on any atom is 0.0966 e. The van der Waals surface area contributed by atoms with Gasteiger partial charge in [0.1, 0.15) is 0 Å². The summed E-state index contributed by atoms with van der Waals surface area (Å²) < 4.78 is 0. The van der Waals surface area contributed by atoms with Crippen LogP contribution in [0.2, 0.25) is 0 Å². The van der Waals surface area contributed by atoms with Gasteiger partial charge in [0.05, 0.1) is 6.10 Å². The van der Waals surface area contributed by atoms with Gasteiger partial charge in [-0.2, -0.15) is 0 Å². The Kier molecular flexibility index (Phi) is 3.76. The smallest absolute Gasteiger partial charge is 0.0966 e. The van der Waals surface area contributed by atoms with E-state index >= 15 is 0 Å². The first kappa shape index (κ1) is 13.2. The molecule has 0 spiro atoms. The Labute approximate surface area is 98.7 Å². The molecule has 0 aromatic heterocycles. The number of benzene rings is 1. The predicted molar refractivity (Wildman–Crippen MR) is 68.4 cm³/mol.